The summed E-state index contributed by atoms with van der Waals surface area (Å²) in [5, 5.41) is 9.53. The lowest BCUT2D eigenvalue weighted by Crippen LogP contribution is -2.48. The van der Waals surface area contributed by atoms with E-state index in [-0.39, 0.29) is 4.75 Å². The monoisotopic (exact) mass is 323 g/mol. The van der Waals surface area contributed by atoms with Crippen LogP contribution in [0.1, 0.15) is 39.5 Å². The Morgan fingerprint density at radius 3 is 2.39 bits per heavy atom. The lowest BCUT2D eigenvalue weighted by Gasteiger charge is -2.52. The molecule has 0 atom stereocenters. The maximum absolute atomic E-state index is 9.53. The molecule has 1 aliphatic rings. The van der Waals surface area contributed by atoms with Crippen LogP contribution in [0.4, 0.5) is 0 Å². The first-order valence-electron chi connectivity index (χ1n) is 6.43. The van der Waals surface area contributed by atoms with Crippen molar-refractivity contribution in [2.45, 2.75) is 49.2 Å². The second-order valence-corrected chi connectivity index (χ2v) is 7.48. The molecular formula is C15H18BrNS. The number of halogens is 1. The second-order valence-electron chi connectivity index (χ2n) is 5.20. The minimum atomic E-state index is -0.212. The number of hydrogen-bond donors (Lipinski definition) is 0. The van der Waals surface area contributed by atoms with E-state index in [4.69, 9.17) is 0 Å². The van der Waals surface area contributed by atoms with Crippen LogP contribution < -0.4 is 0 Å². The molecule has 1 aromatic carbocycles. The van der Waals surface area contributed by atoms with Crippen molar-refractivity contribution >= 4 is 27.7 Å². The van der Waals surface area contributed by atoms with Crippen molar-refractivity contribution in [2.24, 2.45) is 5.41 Å². The van der Waals surface area contributed by atoms with Crippen LogP contribution in [0.15, 0.2) is 33.6 Å². The van der Waals surface area contributed by atoms with Gasteiger partial charge in [-0.2, -0.15) is 5.26 Å². The molecule has 1 aromatic rings. The van der Waals surface area contributed by atoms with Gasteiger partial charge in [0.1, 0.15) is 4.75 Å². The van der Waals surface area contributed by atoms with Gasteiger partial charge < -0.3 is 0 Å². The van der Waals surface area contributed by atoms with E-state index in [9.17, 15) is 5.26 Å². The van der Waals surface area contributed by atoms with Crippen molar-refractivity contribution in [2.75, 3.05) is 0 Å². The summed E-state index contributed by atoms with van der Waals surface area (Å²) in [7, 11) is 0. The fraction of sp³-hybridized carbons (Fsp3) is 0.533. The van der Waals surface area contributed by atoms with Crippen LogP contribution >= 0.6 is 27.7 Å². The number of benzene rings is 1. The molecule has 1 fully saturated rings. The van der Waals surface area contributed by atoms with Gasteiger partial charge in [0.05, 0.1) is 6.07 Å². The molecular weight excluding hydrogens is 306 g/mol. The Morgan fingerprint density at radius 2 is 1.89 bits per heavy atom. The standard InChI is InChI=1S/C15H18BrNS/c1-3-14(4-2)9-15(10-14,11-17)18-13-8-6-5-7-12(13)16/h5-8H,3-4,9-10H2,1-2H3. The van der Waals surface area contributed by atoms with Crippen molar-refractivity contribution in [3.63, 3.8) is 0 Å². The number of nitriles is 1. The van der Waals surface area contributed by atoms with E-state index in [1.807, 2.05) is 18.2 Å². The van der Waals surface area contributed by atoms with Gasteiger partial charge in [0.15, 0.2) is 0 Å². The zero-order chi connectivity index (χ0) is 13.2. The van der Waals surface area contributed by atoms with E-state index in [1.165, 1.54) is 17.7 Å². The third kappa shape index (κ3) is 2.46. The topological polar surface area (TPSA) is 23.8 Å². The molecule has 0 amide bonds. The summed E-state index contributed by atoms with van der Waals surface area (Å²) in [5.41, 5.74) is 0.407. The molecule has 0 spiro atoms. The molecule has 1 saturated carbocycles. The first kappa shape index (κ1) is 14.0. The highest BCUT2D eigenvalue weighted by Crippen LogP contribution is 2.60. The van der Waals surface area contributed by atoms with Gasteiger partial charge in [0, 0.05) is 9.37 Å². The molecule has 0 heterocycles. The summed E-state index contributed by atoms with van der Waals surface area (Å²) in [6, 6.07) is 10.7. The SMILES string of the molecule is CCC1(CC)CC(C#N)(Sc2ccccc2Br)C1. The van der Waals surface area contributed by atoms with Crippen LogP contribution in [-0.4, -0.2) is 4.75 Å². The van der Waals surface area contributed by atoms with E-state index in [0.717, 1.165) is 17.3 Å². The van der Waals surface area contributed by atoms with Gasteiger partial charge in [0.25, 0.3) is 0 Å². The average molecular weight is 324 g/mol. The largest absolute Gasteiger partial charge is 0.197 e. The number of hydrogen-bond acceptors (Lipinski definition) is 2. The van der Waals surface area contributed by atoms with E-state index in [2.05, 4.69) is 41.9 Å². The number of thioether (sulfide) groups is 1. The molecule has 1 nitrogen and oxygen atoms in total. The number of rotatable bonds is 4. The smallest absolute Gasteiger partial charge is 0.108 e. The summed E-state index contributed by atoms with van der Waals surface area (Å²) in [6.07, 6.45) is 4.41. The van der Waals surface area contributed by atoms with Gasteiger partial charge in [-0.05, 0) is 46.3 Å². The molecule has 2 rings (SSSR count). The average Bonchev–Trinajstić information content (AvgIpc) is 2.36. The van der Waals surface area contributed by atoms with Crippen LogP contribution in [-0.2, 0) is 0 Å². The van der Waals surface area contributed by atoms with E-state index in [0.29, 0.717) is 5.41 Å². The summed E-state index contributed by atoms with van der Waals surface area (Å²) < 4.78 is 0.880. The van der Waals surface area contributed by atoms with Crippen LogP contribution in [0.3, 0.4) is 0 Å². The first-order chi connectivity index (χ1) is 8.59. The zero-order valence-corrected chi connectivity index (χ0v) is 13.3. The Bertz CT molecular complexity index is 466. The predicted molar refractivity (Wildman–Crippen MR) is 80.6 cm³/mol. The van der Waals surface area contributed by atoms with Gasteiger partial charge in [-0.1, -0.05) is 38.8 Å². The van der Waals surface area contributed by atoms with Gasteiger partial charge in [-0.15, -0.1) is 11.8 Å². The lowest BCUT2D eigenvalue weighted by atomic mass is 9.59. The Hall–Kier alpha value is -0.460. The fourth-order valence-corrected chi connectivity index (χ4v) is 4.88. The summed E-state index contributed by atoms with van der Waals surface area (Å²) in [5.74, 6) is 0. The molecule has 3 heteroatoms. The van der Waals surface area contributed by atoms with Crippen molar-refractivity contribution < 1.29 is 0 Å². The molecule has 18 heavy (non-hydrogen) atoms. The highest BCUT2D eigenvalue weighted by Gasteiger charge is 2.53. The Kier molecular flexibility index (Phi) is 4.08. The summed E-state index contributed by atoms with van der Waals surface area (Å²) in [6.45, 7) is 4.49. The van der Waals surface area contributed by atoms with E-state index >= 15 is 0 Å². The van der Waals surface area contributed by atoms with E-state index < -0.39 is 0 Å². The minimum absolute atomic E-state index is 0.212. The van der Waals surface area contributed by atoms with Gasteiger partial charge in [-0.3, -0.25) is 0 Å². The minimum Gasteiger partial charge on any atom is -0.197 e. The summed E-state index contributed by atoms with van der Waals surface area (Å²) in [4.78, 5) is 1.18. The number of nitrogens with zero attached hydrogens (tertiary/aromatic N) is 1. The van der Waals surface area contributed by atoms with Crippen LogP contribution in [0, 0.1) is 16.7 Å². The lowest BCUT2D eigenvalue weighted by molar-refractivity contribution is 0.0984. The molecule has 0 radical (unpaired) electrons. The maximum Gasteiger partial charge on any atom is 0.108 e. The predicted octanol–water partition coefficient (Wildman–Crippen LogP) is 5.40. The molecule has 0 unspecified atom stereocenters. The van der Waals surface area contributed by atoms with Crippen LogP contribution in [0.5, 0.6) is 0 Å². The third-order valence-corrected chi connectivity index (χ3v) is 6.47. The second kappa shape index (κ2) is 5.27. The molecule has 0 N–H and O–H groups in total. The van der Waals surface area contributed by atoms with Crippen LogP contribution in [0.25, 0.3) is 0 Å². The molecule has 1 aliphatic carbocycles. The van der Waals surface area contributed by atoms with Crippen molar-refractivity contribution in [3.8, 4) is 6.07 Å². The van der Waals surface area contributed by atoms with Crippen molar-refractivity contribution in [1.82, 2.24) is 0 Å². The highest BCUT2D eigenvalue weighted by molar-refractivity contribution is 9.10. The maximum atomic E-state index is 9.53. The highest BCUT2D eigenvalue weighted by atomic mass is 79.9. The molecule has 0 aliphatic heterocycles. The fourth-order valence-electron chi connectivity index (χ4n) is 2.82. The van der Waals surface area contributed by atoms with E-state index in [1.54, 1.807) is 11.8 Å². The third-order valence-electron chi connectivity index (χ3n) is 4.17. The molecule has 0 bridgehead atoms. The van der Waals surface area contributed by atoms with Crippen molar-refractivity contribution in [1.29, 1.82) is 5.26 Å². The quantitative estimate of drug-likeness (QED) is 0.740. The van der Waals surface area contributed by atoms with Crippen molar-refractivity contribution in [3.05, 3.63) is 28.7 Å². The Balaban J connectivity index is 2.14. The molecule has 0 aromatic heterocycles. The molecule has 96 valence electrons. The normalized spacial score (nSPS) is 19.9. The first-order valence-corrected chi connectivity index (χ1v) is 8.04. The Morgan fingerprint density at radius 1 is 1.28 bits per heavy atom. The zero-order valence-electron chi connectivity index (χ0n) is 10.9. The van der Waals surface area contributed by atoms with Crippen LogP contribution in [0.2, 0.25) is 0 Å². The van der Waals surface area contributed by atoms with Gasteiger partial charge >= 0.3 is 0 Å². The molecule has 0 saturated heterocycles. The Labute approximate surface area is 122 Å². The summed E-state index contributed by atoms with van der Waals surface area (Å²) >= 11 is 5.29. The van der Waals surface area contributed by atoms with Gasteiger partial charge in [0.2, 0.25) is 0 Å². The van der Waals surface area contributed by atoms with Gasteiger partial charge in [-0.25, -0.2) is 0 Å².